The van der Waals surface area contributed by atoms with Gasteiger partial charge in [0.25, 0.3) is 5.56 Å². The summed E-state index contributed by atoms with van der Waals surface area (Å²) in [4.78, 5) is 47.9. The molecular formula is C26H36N6O9. The predicted octanol–water partition coefficient (Wildman–Crippen LogP) is -1.21. The third-order valence-electron chi connectivity index (χ3n) is 7.12. The molecule has 0 bridgehead atoms. The van der Waals surface area contributed by atoms with Crippen LogP contribution in [0.5, 0.6) is 17.2 Å². The minimum absolute atomic E-state index is 0.150. The van der Waals surface area contributed by atoms with Crippen LogP contribution in [0.3, 0.4) is 0 Å². The average molecular weight is 577 g/mol. The smallest absolute Gasteiger partial charge is 0.338 e. The molecule has 3 aromatic rings. The second-order valence-electron chi connectivity index (χ2n) is 9.62. The van der Waals surface area contributed by atoms with Crippen molar-refractivity contribution in [2.75, 3.05) is 72.2 Å². The van der Waals surface area contributed by atoms with Crippen molar-refractivity contribution in [2.24, 2.45) is 14.1 Å². The summed E-state index contributed by atoms with van der Waals surface area (Å²) >= 11 is 0. The molecule has 1 unspecified atom stereocenters. The molecule has 15 nitrogen and oxygen atoms in total. The van der Waals surface area contributed by atoms with Gasteiger partial charge in [-0.05, 0) is 12.1 Å². The molecule has 1 fully saturated rings. The van der Waals surface area contributed by atoms with E-state index < -0.39 is 23.3 Å². The molecule has 1 atom stereocenters. The van der Waals surface area contributed by atoms with Crippen LogP contribution in [0.25, 0.3) is 11.2 Å². The van der Waals surface area contributed by atoms with E-state index in [9.17, 15) is 19.5 Å². The number of imidazole rings is 1. The average Bonchev–Trinajstić information content (AvgIpc) is 3.34. The van der Waals surface area contributed by atoms with Gasteiger partial charge < -0.3 is 38.6 Å². The van der Waals surface area contributed by atoms with E-state index in [1.54, 1.807) is 11.6 Å². The van der Waals surface area contributed by atoms with Crippen LogP contribution in [0.2, 0.25) is 0 Å². The molecule has 3 heterocycles. The quantitative estimate of drug-likeness (QED) is 0.262. The number of esters is 1. The highest BCUT2D eigenvalue weighted by Crippen LogP contribution is 2.38. The standard InChI is InChI=1S/C26H36N6O9/c1-28-20-22(27-25(28)31-8-6-30(7-9-31)14-17(34)15-33)29(2)26(37)32(23(20)35)10-11-41-24(36)16-12-18(38-3)21(40-5)19(13-16)39-4/h12-13,17,33-34H,6-11,14-15H2,1-5H3. The Kier molecular flexibility index (Phi) is 9.20. The minimum atomic E-state index is -0.800. The summed E-state index contributed by atoms with van der Waals surface area (Å²) in [7, 11) is 7.56. The normalized spacial score (nSPS) is 14.8. The van der Waals surface area contributed by atoms with Gasteiger partial charge in [-0.1, -0.05) is 0 Å². The van der Waals surface area contributed by atoms with Crippen LogP contribution >= 0.6 is 0 Å². The lowest BCUT2D eigenvalue weighted by molar-refractivity contribution is 0.0487. The van der Waals surface area contributed by atoms with E-state index in [0.29, 0.717) is 44.4 Å². The zero-order chi connectivity index (χ0) is 29.8. The number of benzene rings is 1. The summed E-state index contributed by atoms with van der Waals surface area (Å²) < 4.78 is 25.2. The van der Waals surface area contributed by atoms with Gasteiger partial charge in [0.05, 0.1) is 46.1 Å². The molecule has 4 rings (SSSR count). The number of aryl methyl sites for hydroxylation is 2. The van der Waals surface area contributed by atoms with Gasteiger partial charge in [-0.3, -0.25) is 18.8 Å². The van der Waals surface area contributed by atoms with Crippen molar-refractivity contribution in [1.82, 2.24) is 23.6 Å². The van der Waals surface area contributed by atoms with Gasteiger partial charge in [0.1, 0.15) is 6.61 Å². The van der Waals surface area contributed by atoms with Crippen molar-refractivity contribution >= 4 is 23.1 Å². The summed E-state index contributed by atoms with van der Waals surface area (Å²) in [6, 6.07) is 2.90. The molecule has 15 heteroatoms. The second-order valence-corrected chi connectivity index (χ2v) is 9.62. The minimum Gasteiger partial charge on any atom is -0.493 e. The lowest BCUT2D eigenvalue weighted by Crippen LogP contribution is -2.49. The van der Waals surface area contributed by atoms with Crippen molar-refractivity contribution in [3.05, 3.63) is 38.5 Å². The molecule has 0 aliphatic carbocycles. The molecule has 1 saturated heterocycles. The molecular weight excluding hydrogens is 540 g/mol. The third-order valence-corrected chi connectivity index (χ3v) is 7.12. The number of β-amino-alcohol motifs (C(OH)–C–C–N with tert-alkyl or cyclic N) is 1. The Hall–Kier alpha value is -4.08. The van der Waals surface area contributed by atoms with E-state index in [4.69, 9.17) is 24.1 Å². The van der Waals surface area contributed by atoms with Crippen molar-refractivity contribution in [1.29, 1.82) is 0 Å². The largest absolute Gasteiger partial charge is 0.493 e. The van der Waals surface area contributed by atoms with Gasteiger partial charge in [0.15, 0.2) is 22.7 Å². The highest BCUT2D eigenvalue weighted by molar-refractivity contribution is 5.91. The second kappa shape index (κ2) is 12.6. The first-order chi connectivity index (χ1) is 19.6. The maximum absolute atomic E-state index is 13.4. The lowest BCUT2D eigenvalue weighted by Gasteiger charge is -2.35. The predicted molar refractivity (Wildman–Crippen MR) is 148 cm³/mol. The summed E-state index contributed by atoms with van der Waals surface area (Å²) in [5.41, 5.74) is -0.480. The fourth-order valence-electron chi connectivity index (χ4n) is 4.91. The molecule has 2 aromatic heterocycles. The van der Waals surface area contributed by atoms with Crippen molar-refractivity contribution in [3.8, 4) is 17.2 Å². The Morgan fingerprint density at radius 1 is 1.00 bits per heavy atom. The highest BCUT2D eigenvalue weighted by Gasteiger charge is 2.26. The van der Waals surface area contributed by atoms with E-state index in [1.807, 2.05) is 9.80 Å². The number of piperazine rings is 1. The van der Waals surface area contributed by atoms with Gasteiger partial charge >= 0.3 is 11.7 Å². The van der Waals surface area contributed by atoms with E-state index in [-0.39, 0.29) is 48.0 Å². The number of aliphatic hydroxyl groups excluding tert-OH is 2. The summed E-state index contributed by atoms with van der Waals surface area (Å²) in [6.45, 7) is 2.14. The monoisotopic (exact) mass is 576 g/mol. The SMILES string of the molecule is COc1cc(C(=O)OCCn2c(=O)c3c(nc(N4CCN(CC(O)CO)CC4)n3C)n(C)c2=O)cc(OC)c1OC. The number of rotatable bonds is 11. The van der Waals surface area contributed by atoms with Gasteiger partial charge in [-0.15, -0.1) is 0 Å². The van der Waals surface area contributed by atoms with Gasteiger partial charge in [0, 0.05) is 46.8 Å². The number of fused-ring (bicyclic) bond motifs is 1. The number of methoxy groups -OCH3 is 3. The van der Waals surface area contributed by atoms with E-state index >= 15 is 0 Å². The number of carbonyl (C=O) groups excluding carboxylic acids is 1. The topological polar surface area (TPSA) is 163 Å². The maximum Gasteiger partial charge on any atom is 0.338 e. The number of aromatic nitrogens is 4. The first kappa shape index (κ1) is 29.9. The summed E-state index contributed by atoms with van der Waals surface area (Å²) in [5.74, 6) is 0.744. The molecule has 2 N–H and O–H groups in total. The number of ether oxygens (including phenoxy) is 4. The zero-order valence-corrected chi connectivity index (χ0v) is 23.8. The molecule has 0 radical (unpaired) electrons. The first-order valence-corrected chi connectivity index (χ1v) is 13.0. The fourth-order valence-corrected chi connectivity index (χ4v) is 4.91. The van der Waals surface area contributed by atoms with Crippen LogP contribution in [0.4, 0.5) is 5.95 Å². The maximum atomic E-state index is 13.4. The Labute approximate surface area is 235 Å². The Bertz CT molecular complexity index is 1500. The molecule has 0 amide bonds. The van der Waals surface area contributed by atoms with Gasteiger partial charge in [-0.25, -0.2) is 9.59 Å². The van der Waals surface area contributed by atoms with Crippen LogP contribution < -0.4 is 30.4 Å². The number of aliphatic hydroxyl groups is 2. The number of carbonyl (C=O) groups is 1. The first-order valence-electron chi connectivity index (χ1n) is 13.0. The van der Waals surface area contributed by atoms with Crippen LogP contribution in [0, 0.1) is 0 Å². The van der Waals surface area contributed by atoms with Crippen LogP contribution in [0.15, 0.2) is 21.7 Å². The van der Waals surface area contributed by atoms with E-state index in [0.717, 1.165) is 4.57 Å². The molecule has 1 aliphatic rings. The van der Waals surface area contributed by atoms with Crippen molar-refractivity contribution in [3.63, 3.8) is 0 Å². The number of hydrogen-bond acceptors (Lipinski definition) is 12. The molecule has 0 saturated carbocycles. The summed E-state index contributed by atoms with van der Waals surface area (Å²) in [5, 5.41) is 18.8. The van der Waals surface area contributed by atoms with Crippen LogP contribution in [-0.2, 0) is 25.4 Å². The van der Waals surface area contributed by atoms with Gasteiger partial charge in [0.2, 0.25) is 11.7 Å². The van der Waals surface area contributed by atoms with Crippen LogP contribution in [-0.4, -0.2) is 113 Å². The number of nitrogens with zero attached hydrogens (tertiary/aromatic N) is 6. The molecule has 1 aromatic carbocycles. The zero-order valence-electron chi connectivity index (χ0n) is 23.8. The Morgan fingerprint density at radius 2 is 1.63 bits per heavy atom. The van der Waals surface area contributed by atoms with Crippen molar-refractivity contribution < 1.29 is 34.0 Å². The molecule has 41 heavy (non-hydrogen) atoms. The third kappa shape index (κ3) is 5.87. The van der Waals surface area contributed by atoms with Crippen molar-refractivity contribution in [2.45, 2.75) is 12.6 Å². The van der Waals surface area contributed by atoms with Gasteiger partial charge in [-0.2, -0.15) is 4.98 Å². The fraction of sp³-hybridized carbons (Fsp3) is 0.538. The summed E-state index contributed by atoms with van der Waals surface area (Å²) in [6.07, 6.45) is -0.800. The Balaban J connectivity index is 1.52. The lowest BCUT2D eigenvalue weighted by atomic mass is 10.2. The van der Waals surface area contributed by atoms with Crippen LogP contribution in [0.1, 0.15) is 10.4 Å². The Morgan fingerprint density at radius 3 is 2.20 bits per heavy atom. The molecule has 224 valence electrons. The highest BCUT2D eigenvalue weighted by atomic mass is 16.5. The molecule has 1 aliphatic heterocycles. The van der Waals surface area contributed by atoms with E-state index in [2.05, 4.69) is 4.98 Å². The number of anilines is 1. The number of hydrogen-bond donors (Lipinski definition) is 2. The molecule has 0 spiro atoms. The van der Waals surface area contributed by atoms with E-state index in [1.165, 1.54) is 45.1 Å².